The van der Waals surface area contributed by atoms with Crippen LogP contribution in [0.1, 0.15) is 31.7 Å². The van der Waals surface area contributed by atoms with E-state index in [2.05, 4.69) is 4.90 Å². The second-order valence-electron chi connectivity index (χ2n) is 6.77. The first-order chi connectivity index (χ1) is 11.5. The van der Waals surface area contributed by atoms with Crippen LogP contribution in [0.3, 0.4) is 0 Å². The highest BCUT2D eigenvalue weighted by molar-refractivity contribution is 6.36. The van der Waals surface area contributed by atoms with E-state index in [0.717, 1.165) is 42.7 Å². The Kier molecular flexibility index (Phi) is 5.51. The molecule has 0 aliphatic carbocycles. The van der Waals surface area contributed by atoms with Crippen molar-refractivity contribution in [3.05, 3.63) is 58.1 Å². The van der Waals surface area contributed by atoms with Crippen molar-refractivity contribution in [3.8, 4) is 11.1 Å². The van der Waals surface area contributed by atoms with Crippen molar-refractivity contribution in [3.63, 3.8) is 0 Å². The zero-order valence-electron chi connectivity index (χ0n) is 13.9. The van der Waals surface area contributed by atoms with E-state index in [1.807, 2.05) is 43.3 Å². The first-order valence-corrected chi connectivity index (χ1v) is 9.22. The summed E-state index contributed by atoms with van der Waals surface area (Å²) in [7, 11) is 0. The van der Waals surface area contributed by atoms with E-state index in [9.17, 15) is 5.11 Å². The quantitative estimate of drug-likeness (QED) is 0.773. The maximum Gasteiger partial charge on any atom is 0.0880 e. The summed E-state index contributed by atoms with van der Waals surface area (Å²) in [5, 5.41) is 12.1. The third-order valence-corrected chi connectivity index (χ3v) is 5.41. The summed E-state index contributed by atoms with van der Waals surface area (Å²) in [6.45, 7) is 5.15. The van der Waals surface area contributed by atoms with Crippen LogP contribution >= 0.6 is 23.2 Å². The van der Waals surface area contributed by atoms with Crippen LogP contribution in [0.15, 0.2) is 42.5 Å². The van der Waals surface area contributed by atoms with Gasteiger partial charge in [-0.15, -0.1) is 0 Å². The summed E-state index contributed by atoms with van der Waals surface area (Å²) in [6.07, 6.45) is 3.30. The zero-order chi connectivity index (χ0) is 17.2. The number of nitrogens with zero attached hydrogens (tertiary/aromatic N) is 1. The molecule has 0 spiro atoms. The third kappa shape index (κ3) is 4.12. The van der Waals surface area contributed by atoms with Crippen LogP contribution in [0.4, 0.5) is 0 Å². The molecule has 2 nitrogen and oxygen atoms in total. The number of halogens is 2. The molecule has 1 unspecified atom stereocenters. The lowest BCUT2D eigenvalue weighted by Crippen LogP contribution is -2.29. The van der Waals surface area contributed by atoms with Crippen LogP contribution in [0.25, 0.3) is 11.1 Å². The lowest BCUT2D eigenvalue weighted by molar-refractivity contribution is 0.0383. The number of hydrogen-bond donors (Lipinski definition) is 1. The Bertz CT molecular complexity index is 691. The summed E-state index contributed by atoms with van der Waals surface area (Å²) >= 11 is 12.2. The van der Waals surface area contributed by atoms with Gasteiger partial charge in [0.1, 0.15) is 0 Å². The first-order valence-electron chi connectivity index (χ1n) is 8.46. The van der Waals surface area contributed by atoms with E-state index < -0.39 is 5.60 Å². The van der Waals surface area contributed by atoms with Gasteiger partial charge in [-0.3, -0.25) is 0 Å². The molecule has 128 valence electrons. The van der Waals surface area contributed by atoms with Crippen LogP contribution < -0.4 is 0 Å². The van der Waals surface area contributed by atoms with Crippen LogP contribution in [0.2, 0.25) is 10.0 Å². The normalized spacial score (nSPS) is 17.8. The molecule has 0 amide bonds. The molecule has 0 bridgehead atoms. The topological polar surface area (TPSA) is 23.5 Å². The molecule has 2 aromatic rings. The van der Waals surface area contributed by atoms with Gasteiger partial charge in [0.05, 0.1) is 5.60 Å². The van der Waals surface area contributed by atoms with Crippen LogP contribution in [-0.4, -0.2) is 29.6 Å². The summed E-state index contributed by atoms with van der Waals surface area (Å²) < 4.78 is 0. The molecule has 0 saturated carbocycles. The molecule has 1 N–H and O–H groups in total. The zero-order valence-corrected chi connectivity index (χ0v) is 15.4. The lowest BCUT2D eigenvalue weighted by atomic mass is 9.91. The van der Waals surface area contributed by atoms with Crippen LogP contribution in [0, 0.1) is 0 Å². The van der Waals surface area contributed by atoms with Gasteiger partial charge in [0.2, 0.25) is 0 Å². The predicted molar refractivity (Wildman–Crippen MR) is 102 cm³/mol. The SMILES string of the molecule is CC(O)(CCN1CCCC1)c1ccc(-c2ccc(Cl)cc2Cl)cc1. The van der Waals surface area contributed by atoms with Crippen molar-refractivity contribution >= 4 is 23.2 Å². The standard InChI is InChI=1S/C20H23Cl2NO/c1-20(24,10-13-23-11-2-3-12-23)16-6-4-15(5-7-16)18-9-8-17(21)14-19(18)22/h4-9,14,24H,2-3,10-13H2,1H3. The number of hydrogen-bond acceptors (Lipinski definition) is 2. The Balaban J connectivity index is 1.72. The minimum absolute atomic E-state index is 0.630. The van der Waals surface area contributed by atoms with E-state index in [1.54, 1.807) is 6.07 Å². The van der Waals surface area contributed by atoms with Gasteiger partial charge in [-0.1, -0.05) is 53.5 Å². The number of benzene rings is 2. The highest BCUT2D eigenvalue weighted by atomic mass is 35.5. The molecule has 24 heavy (non-hydrogen) atoms. The lowest BCUT2D eigenvalue weighted by Gasteiger charge is -2.27. The van der Waals surface area contributed by atoms with E-state index >= 15 is 0 Å². The molecule has 2 aromatic carbocycles. The summed E-state index contributed by atoms with van der Waals surface area (Å²) in [5.41, 5.74) is 2.10. The molecule has 1 atom stereocenters. The highest BCUT2D eigenvalue weighted by Gasteiger charge is 2.24. The largest absolute Gasteiger partial charge is 0.385 e. The Morgan fingerprint density at radius 2 is 1.71 bits per heavy atom. The maximum absolute atomic E-state index is 10.8. The van der Waals surface area contributed by atoms with Gasteiger partial charge < -0.3 is 10.0 Å². The Morgan fingerprint density at radius 1 is 1.04 bits per heavy atom. The Morgan fingerprint density at radius 3 is 2.33 bits per heavy atom. The molecule has 1 saturated heterocycles. The number of aliphatic hydroxyl groups is 1. The van der Waals surface area contributed by atoms with Crippen LogP contribution in [-0.2, 0) is 5.60 Å². The fraction of sp³-hybridized carbons (Fsp3) is 0.400. The van der Waals surface area contributed by atoms with E-state index in [-0.39, 0.29) is 0 Å². The number of likely N-dealkylation sites (tertiary alicyclic amines) is 1. The Hall–Kier alpha value is -1.06. The highest BCUT2D eigenvalue weighted by Crippen LogP contribution is 2.32. The second-order valence-corrected chi connectivity index (χ2v) is 7.62. The van der Waals surface area contributed by atoms with Crippen molar-refractivity contribution < 1.29 is 5.11 Å². The molecule has 3 rings (SSSR count). The van der Waals surface area contributed by atoms with Crippen molar-refractivity contribution in [1.82, 2.24) is 4.90 Å². The minimum Gasteiger partial charge on any atom is -0.385 e. The summed E-state index contributed by atoms with van der Waals surface area (Å²) in [6, 6.07) is 13.5. The molecule has 1 heterocycles. The fourth-order valence-corrected chi connectivity index (χ4v) is 3.78. The van der Waals surface area contributed by atoms with Crippen molar-refractivity contribution in [2.45, 2.75) is 31.8 Å². The molecular formula is C20H23Cl2NO. The van der Waals surface area contributed by atoms with Crippen molar-refractivity contribution in [2.24, 2.45) is 0 Å². The molecule has 1 aliphatic rings. The van der Waals surface area contributed by atoms with Gasteiger partial charge >= 0.3 is 0 Å². The van der Waals surface area contributed by atoms with Gasteiger partial charge in [-0.05, 0) is 62.5 Å². The van der Waals surface area contributed by atoms with Gasteiger partial charge in [0.25, 0.3) is 0 Å². The summed E-state index contributed by atoms with van der Waals surface area (Å²) in [5.74, 6) is 0. The molecular weight excluding hydrogens is 341 g/mol. The van der Waals surface area contributed by atoms with Crippen LogP contribution in [0.5, 0.6) is 0 Å². The van der Waals surface area contributed by atoms with Gasteiger partial charge in [-0.25, -0.2) is 0 Å². The van der Waals surface area contributed by atoms with Crippen molar-refractivity contribution in [2.75, 3.05) is 19.6 Å². The van der Waals surface area contributed by atoms with E-state index in [4.69, 9.17) is 23.2 Å². The first kappa shape index (κ1) is 17.8. The fourth-order valence-electron chi connectivity index (χ4n) is 3.26. The molecule has 0 radical (unpaired) electrons. The average molecular weight is 364 g/mol. The summed E-state index contributed by atoms with van der Waals surface area (Å²) in [4.78, 5) is 2.43. The molecule has 1 fully saturated rings. The number of rotatable bonds is 5. The third-order valence-electron chi connectivity index (χ3n) is 4.86. The van der Waals surface area contributed by atoms with E-state index in [1.165, 1.54) is 12.8 Å². The molecule has 1 aliphatic heterocycles. The second kappa shape index (κ2) is 7.45. The smallest absolute Gasteiger partial charge is 0.0880 e. The predicted octanol–water partition coefficient (Wildman–Crippen LogP) is 5.35. The molecule has 0 aromatic heterocycles. The Labute approximate surface area is 154 Å². The van der Waals surface area contributed by atoms with Gasteiger partial charge in [0, 0.05) is 22.2 Å². The van der Waals surface area contributed by atoms with E-state index in [0.29, 0.717) is 10.0 Å². The molecule has 4 heteroatoms. The van der Waals surface area contributed by atoms with Gasteiger partial charge in [0.15, 0.2) is 0 Å². The van der Waals surface area contributed by atoms with Crippen molar-refractivity contribution in [1.29, 1.82) is 0 Å². The average Bonchev–Trinajstić information content (AvgIpc) is 3.07. The maximum atomic E-state index is 10.8. The monoisotopic (exact) mass is 363 g/mol. The van der Waals surface area contributed by atoms with Gasteiger partial charge in [-0.2, -0.15) is 0 Å². The minimum atomic E-state index is -0.815.